The molecule has 1 aliphatic rings. The van der Waals surface area contributed by atoms with Crippen LogP contribution in [0.15, 0.2) is 0 Å². The van der Waals surface area contributed by atoms with Crippen LogP contribution in [0.25, 0.3) is 0 Å². The maximum atomic E-state index is 11.9. The van der Waals surface area contributed by atoms with Gasteiger partial charge in [-0.25, -0.2) is 0 Å². The molecule has 0 aliphatic carbocycles. The van der Waals surface area contributed by atoms with Gasteiger partial charge in [-0.05, 0) is 36.7 Å². The van der Waals surface area contributed by atoms with Crippen LogP contribution < -0.4 is 0 Å². The Kier molecular flexibility index (Phi) is 5.51. The lowest BCUT2D eigenvalue weighted by molar-refractivity contribution is -0.133. The van der Waals surface area contributed by atoms with Crippen LogP contribution in [-0.4, -0.2) is 35.9 Å². The van der Waals surface area contributed by atoms with Gasteiger partial charge in [0, 0.05) is 19.5 Å². The fourth-order valence-electron chi connectivity index (χ4n) is 2.39. The molecule has 0 radical (unpaired) electrons. The monoisotopic (exact) mass is 229 g/mol. The third-order valence-electron chi connectivity index (χ3n) is 2.96. The fraction of sp³-hybridized carbons (Fsp3) is 0.917. The van der Waals surface area contributed by atoms with Crippen LogP contribution in [0.4, 0.5) is 0 Å². The van der Waals surface area contributed by atoms with Gasteiger partial charge in [0.05, 0.1) is 0 Å². The van der Waals surface area contributed by atoms with Crippen molar-refractivity contribution in [2.75, 3.05) is 25.1 Å². The molecule has 2 atom stereocenters. The van der Waals surface area contributed by atoms with Crippen molar-refractivity contribution in [3.63, 3.8) is 0 Å². The number of nitrogens with zero attached hydrogens (tertiary/aromatic N) is 1. The molecular formula is C12H23NOS. The Morgan fingerprint density at radius 3 is 2.47 bits per heavy atom. The normalized spacial score (nSPS) is 26.7. The second-order valence-corrected chi connectivity index (χ2v) is 5.83. The van der Waals surface area contributed by atoms with Crippen molar-refractivity contribution in [1.29, 1.82) is 0 Å². The number of rotatable bonds is 4. The van der Waals surface area contributed by atoms with Crippen LogP contribution in [0.2, 0.25) is 0 Å². The Morgan fingerprint density at radius 2 is 1.93 bits per heavy atom. The number of carbonyl (C=O) groups excluding carboxylic acids is 1. The highest BCUT2D eigenvalue weighted by Crippen LogP contribution is 2.21. The Labute approximate surface area is 97.8 Å². The number of likely N-dealkylation sites (tertiary alicyclic amines) is 1. The first-order chi connectivity index (χ1) is 7.13. The minimum absolute atomic E-state index is 0.363. The lowest BCUT2D eigenvalue weighted by Crippen LogP contribution is -2.42. The van der Waals surface area contributed by atoms with Crippen molar-refractivity contribution >= 4 is 17.7 Å². The summed E-state index contributed by atoms with van der Waals surface area (Å²) in [5.74, 6) is 2.82. The highest BCUT2D eigenvalue weighted by molar-refractivity contribution is 7.98. The molecule has 15 heavy (non-hydrogen) atoms. The van der Waals surface area contributed by atoms with Crippen molar-refractivity contribution < 1.29 is 4.79 Å². The average Bonchev–Trinajstić information content (AvgIpc) is 2.16. The van der Waals surface area contributed by atoms with Crippen LogP contribution in [0, 0.1) is 11.8 Å². The Morgan fingerprint density at radius 1 is 1.33 bits per heavy atom. The summed E-state index contributed by atoms with van der Waals surface area (Å²) >= 11 is 1.82. The first-order valence-electron chi connectivity index (χ1n) is 5.90. The van der Waals surface area contributed by atoms with Gasteiger partial charge in [0.25, 0.3) is 0 Å². The van der Waals surface area contributed by atoms with Gasteiger partial charge in [0.2, 0.25) is 5.91 Å². The molecule has 1 rings (SSSR count). The minimum atomic E-state index is 0.363. The first-order valence-corrected chi connectivity index (χ1v) is 7.29. The number of amides is 1. The molecule has 0 aromatic heterocycles. The molecule has 3 heteroatoms. The quantitative estimate of drug-likeness (QED) is 0.691. The largest absolute Gasteiger partial charge is 0.342 e. The van der Waals surface area contributed by atoms with Gasteiger partial charge in [0.1, 0.15) is 0 Å². The second-order valence-electron chi connectivity index (χ2n) is 4.84. The van der Waals surface area contributed by atoms with Crippen LogP contribution >= 0.6 is 11.8 Å². The molecule has 0 N–H and O–H groups in total. The SMILES string of the molecule is CSCCCC(=O)N1CC(C)CC(C)C1. The summed E-state index contributed by atoms with van der Waals surface area (Å²) in [5.41, 5.74) is 0. The molecule has 0 spiro atoms. The smallest absolute Gasteiger partial charge is 0.222 e. The second kappa shape index (κ2) is 6.41. The molecule has 88 valence electrons. The maximum Gasteiger partial charge on any atom is 0.222 e. The van der Waals surface area contributed by atoms with E-state index in [2.05, 4.69) is 25.0 Å². The van der Waals surface area contributed by atoms with Gasteiger partial charge < -0.3 is 4.90 Å². The molecule has 0 aromatic carbocycles. The summed E-state index contributed by atoms with van der Waals surface area (Å²) in [5, 5.41) is 0. The first kappa shape index (κ1) is 12.9. The third-order valence-corrected chi connectivity index (χ3v) is 3.66. The predicted octanol–water partition coefficient (Wildman–Crippen LogP) is 2.63. The van der Waals surface area contributed by atoms with E-state index in [1.807, 2.05) is 11.8 Å². The van der Waals surface area contributed by atoms with Crippen molar-refractivity contribution in [3.05, 3.63) is 0 Å². The highest BCUT2D eigenvalue weighted by Gasteiger charge is 2.24. The maximum absolute atomic E-state index is 11.9. The van der Waals surface area contributed by atoms with Gasteiger partial charge in [0.15, 0.2) is 0 Å². The number of carbonyl (C=O) groups is 1. The molecule has 0 bridgehead atoms. The standard InChI is InChI=1S/C12H23NOS/c1-10-7-11(2)9-13(8-10)12(14)5-4-6-15-3/h10-11H,4-9H2,1-3H3. The zero-order valence-electron chi connectivity index (χ0n) is 10.2. The minimum Gasteiger partial charge on any atom is -0.342 e. The molecule has 1 fully saturated rings. The summed E-state index contributed by atoms with van der Waals surface area (Å²) in [4.78, 5) is 13.9. The Bertz CT molecular complexity index is 198. The van der Waals surface area contributed by atoms with E-state index in [1.165, 1.54) is 6.42 Å². The molecule has 0 aromatic rings. The van der Waals surface area contributed by atoms with Crippen LogP contribution in [0.3, 0.4) is 0 Å². The zero-order chi connectivity index (χ0) is 11.3. The molecule has 1 saturated heterocycles. The molecule has 1 heterocycles. The van der Waals surface area contributed by atoms with Gasteiger partial charge in [-0.1, -0.05) is 13.8 Å². The molecule has 2 unspecified atom stereocenters. The molecule has 0 saturated carbocycles. The molecule has 2 nitrogen and oxygen atoms in total. The summed E-state index contributed by atoms with van der Waals surface area (Å²) in [6.45, 7) is 6.44. The van der Waals surface area contributed by atoms with Gasteiger partial charge in [-0.3, -0.25) is 4.79 Å². The number of hydrogen-bond donors (Lipinski definition) is 0. The van der Waals surface area contributed by atoms with Crippen LogP contribution in [0.1, 0.15) is 33.1 Å². The lowest BCUT2D eigenvalue weighted by atomic mass is 9.92. The lowest BCUT2D eigenvalue weighted by Gasteiger charge is -2.35. The third kappa shape index (κ3) is 4.45. The van der Waals surface area contributed by atoms with Crippen molar-refractivity contribution in [1.82, 2.24) is 4.90 Å². The van der Waals surface area contributed by atoms with Crippen molar-refractivity contribution in [2.45, 2.75) is 33.1 Å². The van der Waals surface area contributed by atoms with E-state index in [9.17, 15) is 4.79 Å². The van der Waals surface area contributed by atoms with Gasteiger partial charge >= 0.3 is 0 Å². The van der Waals surface area contributed by atoms with Gasteiger partial charge in [-0.15, -0.1) is 0 Å². The summed E-state index contributed by atoms with van der Waals surface area (Å²) in [7, 11) is 0. The molecule has 1 amide bonds. The number of piperidine rings is 1. The van der Waals surface area contributed by atoms with E-state index in [1.54, 1.807) is 0 Å². The predicted molar refractivity (Wildman–Crippen MR) is 67.1 cm³/mol. The average molecular weight is 229 g/mol. The fourth-order valence-corrected chi connectivity index (χ4v) is 2.83. The topological polar surface area (TPSA) is 20.3 Å². The van der Waals surface area contributed by atoms with E-state index in [0.717, 1.165) is 31.7 Å². The highest BCUT2D eigenvalue weighted by atomic mass is 32.2. The Balaban J connectivity index is 2.31. The summed E-state index contributed by atoms with van der Waals surface area (Å²) < 4.78 is 0. The summed E-state index contributed by atoms with van der Waals surface area (Å²) in [6.07, 6.45) is 5.13. The van der Waals surface area contributed by atoms with E-state index in [4.69, 9.17) is 0 Å². The van der Waals surface area contributed by atoms with Gasteiger partial charge in [-0.2, -0.15) is 11.8 Å². The Hall–Kier alpha value is -0.180. The van der Waals surface area contributed by atoms with Crippen LogP contribution in [-0.2, 0) is 4.79 Å². The van der Waals surface area contributed by atoms with E-state index in [-0.39, 0.29) is 0 Å². The number of hydrogen-bond acceptors (Lipinski definition) is 2. The molecule has 1 aliphatic heterocycles. The zero-order valence-corrected chi connectivity index (χ0v) is 11.0. The van der Waals surface area contributed by atoms with E-state index < -0.39 is 0 Å². The van der Waals surface area contributed by atoms with E-state index in [0.29, 0.717) is 17.7 Å². The van der Waals surface area contributed by atoms with Crippen molar-refractivity contribution in [3.8, 4) is 0 Å². The summed E-state index contributed by atoms with van der Waals surface area (Å²) in [6, 6.07) is 0. The van der Waals surface area contributed by atoms with Crippen LogP contribution in [0.5, 0.6) is 0 Å². The van der Waals surface area contributed by atoms with Crippen molar-refractivity contribution in [2.24, 2.45) is 11.8 Å². The van der Waals surface area contributed by atoms with E-state index >= 15 is 0 Å². The molecular weight excluding hydrogens is 206 g/mol. The number of thioether (sulfide) groups is 1.